The molecule has 3 rings (SSSR count). The Morgan fingerprint density at radius 2 is 1.72 bits per heavy atom. The Hall–Kier alpha value is -1.84. The Morgan fingerprint density at radius 1 is 1.09 bits per heavy atom. The lowest BCUT2D eigenvalue weighted by atomic mass is 9.64. The van der Waals surface area contributed by atoms with Gasteiger partial charge < -0.3 is 14.8 Å². The summed E-state index contributed by atoms with van der Waals surface area (Å²) in [6.07, 6.45) is 1.34. The first-order valence-electron chi connectivity index (χ1n) is 9.82. The molecule has 0 aliphatic carbocycles. The van der Waals surface area contributed by atoms with E-state index in [1.165, 1.54) is 21.1 Å². The summed E-state index contributed by atoms with van der Waals surface area (Å²) in [6, 6.07) is 9.89. The van der Waals surface area contributed by atoms with Crippen LogP contribution >= 0.6 is 23.2 Å². The molecular weight excluding hydrogens is 477 g/mol. The van der Waals surface area contributed by atoms with Gasteiger partial charge in [0.05, 0.1) is 30.5 Å². The molecular formula is C22H25Cl2NO6S. The van der Waals surface area contributed by atoms with Crippen LogP contribution in [-0.2, 0) is 19.7 Å². The molecule has 2 atom stereocenters. The van der Waals surface area contributed by atoms with Crippen molar-refractivity contribution in [2.75, 3.05) is 33.6 Å². The molecule has 0 amide bonds. The second-order valence-corrected chi connectivity index (χ2v) is 10.2. The lowest BCUT2D eigenvalue weighted by Gasteiger charge is -2.44. The number of halogens is 2. The molecule has 0 radical (unpaired) electrons. The van der Waals surface area contributed by atoms with Gasteiger partial charge in [0, 0.05) is 12.0 Å². The average Bonchev–Trinajstić information content (AvgIpc) is 3.25. The molecule has 1 saturated heterocycles. The van der Waals surface area contributed by atoms with Crippen LogP contribution < -0.4 is 14.8 Å². The standard InChI is InChI=1S/C22H25Cl2NO6S/c1-21(31-32(4,27)28,20(26)19-17(29-2)6-5-7-18(19)30-3)22(10-11-25-13-22)14-8-9-15(23)16(24)12-14/h5-9,12,25H,10-11,13H2,1-4H3. The Morgan fingerprint density at radius 3 is 2.19 bits per heavy atom. The van der Waals surface area contributed by atoms with Crippen LogP contribution in [0.5, 0.6) is 11.5 Å². The monoisotopic (exact) mass is 501 g/mol. The van der Waals surface area contributed by atoms with Crippen molar-refractivity contribution in [1.29, 1.82) is 0 Å². The van der Waals surface area contributed by atoms with Crippen molar-refractivity contribution in [2.24, 2.45) is 0 Å². The maximum atomic E-state index is 14.2. The zero-order valence-electron chi connectivity index (χ0n) is 18.2. The lowest BCUT2D eigenvalue weighted by molar-refractivity contribution is 0.0184. The van der Waals surface area contributed by atoms with Gasteiger partial charge in [-0.1, -0.05) is 35.3 Å². The molecule has 32 heavy (non-hydrogen) atoms. The maximum Gasteiger partial charge on any atom is 0.265 e. The van der Waals surface area contributed by atoms with Crippen LogP contribution in [0.4, 0.5) is 0 Å². The molecule has 1 heterocycles. The summed E-state index contributed by atoms with van der Waals surface area (Å²) in [5.74, 6) is -0.104. The average molecular weight is 502 g/mol. The summed E-state index contributed by atoms with van der Waals surface area (Å²) in [4.78, 5) is 14.2. The fraction of sp³-hybridized carbons (Fsp3) is 0.409. The molecule has 2 aromatic rings. The molecule has 0 aromatic heterocycles. The predicted octanol–water partition coefficient (Wildman–Crippen LogP) is 3.86. The van der Waals surface area contributed by atoms with E-state index in [0.29, 0.717) is 28.6 Å². The van der Waals surface area contributed by atoms with E-state index < -0.39 is 26.9 Å². The van der Waals surface area contributed by atoms with E-state index >= 15 is 0 Å². The Balaban J connectivity index is 2.32. The quantitative estimate of drug-likeness (QED) is 0.433. The van der Waals surface area contributed by atoms with E-state index in [2.05, 4.69) is 5.32 Å². The molecule has 174 valence electrons. The summed E-state index contributed by atoms with van der Waals surface area (Å²) in [5.41, 5.74) is -2.21. The SMILES string of the molecule is COc1cccc(OC)c1C(=O)C(C)(OS(C)(=O)=O)C1(c2ccc(Cl)c(Cl)c2)CCNC1. The maximum absolute atomic E-state index is 14.2. The van der Waals surface area contributed by atoms with Crippen molar-refractivity contribution in [3.8, 4) is 11.5 Å². The topological polar surface area (TPSA) is 90.9 Å². The molecule has 1 aliphatic rings. The van der Waals surface area contributed by atoms with Crippen LogP contribution in [0.15, 0.2) is 36.4 Å². The van der Waals surface area contributed by atoms with E-state index in [4.69, 9.17) is 36.9 Å². The number of benzene rings is 2. The zero-order valence-corrected chi connectivity index (χ0v) is 20.5. The first-order chi connectivity index (χ1) is 15.0. The van der Waals surface area contributed by atoms with Crippen LogP contribution in [0.1, 0.15) is 29.3 Å². The number of methoxy groups -OCH3 is 2. The molecule has 0 bridgehead atoms. The van der Waals surface area contributed by atoms with Gasteiger partial charge in [-0.15, -0.1) is 0 Å². The summed E-state index contributed by atoms with van der Waals surface area (Å²) in [7, 11) is -1.22. The Labute approximate surface area is 198 Å². The molecule has 2 unspecified atom stereocenters. The van der Waals surface area contributed by atoms with Crippen LogP contribution in [0.25, 0.3) is 0 Å². The molecule has 10 heteroatoms. The third kappa shape index (κ3) is 4.34. The van der Waals surface area contributed by atoms with Crippen molar-refractivity contribution in [2.45, 2.75) is 24.4 Å². The molecule has 2 aromatic carbocycles. The van der Waals surface area contributed by atoms with Gasteiger partial charge in [-0.2, -0.15) is 8.42 Å². The van der Waals surface area contributed by atoms with Crippen LogP contribution in [0, 0.1) is 0 Å². The van der Waals surface area contributed by atoms with Crippen LogP contribution in [-0.4, -0.2) is 53.4 Å². The van der Waals surface area contributed by atoms with E-state index in [1.807, 2.05) is 0 Å². The van der Waals surface area contributed by atoms with Crippen LogP contribution in [0.2, 0.25) is 10.0 Å². The first-order valence-corrected chi connectivity index (χ1v) is 12.4. The number of ether oxygens (including phenoxy) is 2. The Kier molecular flexibility index (Phi) is 7.12. The fourth-order valence-corrected chi connectivity index (χ4v) is 5.50. The zero-order chi connectivity index (χ0) is 23.7. The highest BCUT2D eigenvalue weighted by molar-refractivity contribution is 7.86. The van der Waals surface area contributed by atoms with E-state index in [-0.39, 0.29) is 23.6 Å². The van der Waals surface area contributed by atoms with Gasteiger partial charge in [0.2, 0.25) is 5.78 Å². The molecule has 0 spiro atoms. The van der Waals surface area contributed by atoms with Gasteiger partial charge in [-0.3, -0.25) is 8.98 Å². The van der Waals surface area contributed by atoms with Crippen molar-refractivity contribution in [3.63, 3.8) is 0 Å². The highest BCUT2D eigenvalue weighted by atomic mass is 35.5. The van der Waals surface area contributed by atoms with Crippen molar-refractivity contribution < 1.29 is 26.9 Å². The van der Waals surface area contributed by atoms with E-state index in [0.717, 1.165) is 6.26 Å². The van der Waals surface area contributed by atoms with Crippen molar-refractivity contribution in [3.05, 3.63) is 57.6 Å². The number of carbonyl (C=O) groups excluding carboxylic acids is 1. The highest BCUT2D eigenvalue weighted by Gasteiger charge is 2.59. The number of hydrogen-bond acceptors (Lipinski definition) is 7. The largest absolute Gasteiger partial charge is 0.496 e. The second kappa shape index (κ2) is 9.19. The smallest absolute Gasteiger partial charge is 0.265 e. The number of Topliss-reactive ketones (excluding diaryl/α,β-unsaturated/α-hetero) is 1. The summed E-state index contributed by atoms with van der Waals surface area (Å²) in [6.45, 7) is 2.30. The fourth-order valence-electron chi connectivity index (χ4n) is 4.37. The van der Waals surface area contributed by atoms with Crippen molar-refractivity contribution >= 4 is 39.1 Å². The molecule has 1 aliphatic heterocycles. The minimum absolute atomic E-state index is 0.0926. The number of hydrogen-bond donors (Lipinski definition) is 1. The van der Waals surface area contributed by atoms with Gasteiger partial charge in [0.25, 0.3) is 10.1 Å². The van der Waals surface area contributed by atoms with E-state index in [1.54, 1.807) is 36.4 Å². The minimum Gasteiger partial charge on any atom is -0.496 e. The van der Waals surface area contributed by atoms with Gasteiger partial charge in [0.1, 0.15) is 17.1 Å². The molecule has 0 saturated carbocycles. The third-order valence-electron chi connectivity index (χ3n) is 5.95. The third-order valence-corrected chi connectivity index (χ3v) is 7.32. The number of carbonyl (C=O) groups is 1. The number of nitrogens with one attached hydrogen (secondary N) is 1. The van der Waals surface area contributed by atoms with Gasteiger partial charge >= 0.3 is 0 Å². The van der Waals surface area contributed by atoms with Gasteiger partial charge in [-0.25, -0.2) is 0 Å². The van der Waals surface area contributed by atoms with E-state index in [9.17, 15) is 13.2 Å². The first kappa shape index (κ1) is 24.8. The summed E-state index contributed by atoms with van der Waals surface area (Å²) < 4.78 is 41.3. The van der Waals surface area contributed by atoms with Crippen molar-refractivity contribution in [1.82, 2.24) is 5.32 Å². The number of ketones is 1. The summed E-state index contributed by atoms with van der Waals surface area (Å²) in [5, 5.41) is 3.87. The molecule has 7 nitrogen and oxygen atoms in total. The second-order valence-electron chi connectivity index (χ2n) is 7.83. The predicted molar refractivity (Wildman–Crippen MR) is 124 cm³/mol. The Bertz CT molecular complexity index is 1110. The van der Waals surface area contributed by atoms with Gasteiger partial charge in [0.15, 0.2) is 5.60 Å². The minimum atomic E-state index is -4.07. The normalized spacial score (nSPS) is 20.6. The van der Waals surface area contributed by atoms with Crippen LogP contribution in [0.3, 0.4) is 0 Å². The van der Waals surface area contributed by atoms with Gasteiger partial charge in [-0.05, 0) is 49.7 Å². The summed E-state index contributed by atoms with van der Waals surface area (Å²) >= 11 is 12.4. The number of rotatable bonds is 8. The lowest BCUT2D eigenvalue weighted by Crippen LogP contribution is -2.58. The molecule has 1 fully saturated rings. The molecule has 1 N–H and O–H groups in total. The highest BCUT2D eigenvalue weighted by Crippen LogP contribution is 2.48.